The Morgan fingerprint density at radius 2 is 1.79 bits per heavy atom. The number of benzene rings is 1. The third kappa shape index (κ3) is 2.45. The van der Waals surface area contributed by atoms with Crippen molar-refractivity contribution >= 4 is 5.97 Å². The second-order valence-corrected chi connectivity index (χ2v) is 5.29. The van der Waals surface area contributed by atoms with Gasteiger partial charge in [-0.15, -0.1) is 0 Å². The largest absolute Gasteiger partial charge is 0.497 e. The van der Waals surface area contributed by atoms with Gasteiger partial charge in [0.1, 0.15) is 5.75 Å². The monoisotopic (exact) mass is 263 g/mol. The van der Waals surface area contributed by atoms with Gasteiger partial charge in [0.15, 0.2) is 0 Å². The van der Waals surface area contributed by atoms with Crippen LogP contribution in [0.4, 0.5) is 0 Å². The van der Waals surface area contributed by atoms with Crippen LogP contribution >= 0.6 is 0 Å². The minimum absolute atomic E-state index is 0.0471. The van der Waals surface area contributed by atoms with E-state index in [1.807, 2.05) is 38.4 Å². The van der Waals surface area contributed by atoms with E-state index in [-0.39, 0.29) is 17.4 Å². The number of hydrogen-bond acceptors (Lipinski definition) is 4. The lowest BCUT2D eigenvalue weighted by Crippen LogP contribution is -2.34. The van der Waals surface area contributed by atoms with Crippen molar-refractivity contribution in [3.8, 4) is 5.75 Å². The fraction of sp³-hybridized carbons (Fsp3) is 0.533. The second kappa shape index (κ2) is 5.21. The fourth-order valence-electron chi connectivity index (χ4n) is 2.82. The van der Waals surface area contributed by atoms with E-state index in [9.17, 15) is 4.79 Å². The summed E-state index contributed by atoms with van der Waals surface area (Å²) >= 11 is 0. The van der Waals surface area contributed by atoms with E-state index in [0.29, 0.717) is 0 Å². The third-order valence-corrected chi connectivity index (χ3v) is 3.85. The van der Waals surface area contributed by atoms with E-state index in [1.165, 1.54) is 7.11 Å². The van der Waals surface area contributed by atoms with Gasteiger partial charge in [-0.3, -0.25) is 4.79 Å². The quantitative estimate of drug-likeness (QED) is 0.764. The maximum Gasteiger partial charge on any atom is 0.313 e. The summed E-state index contributed by atoms with van der Waals surface area (Å²) in [5.74, 6) is 0.714. The van der Waals surface area contributed by atoms with Crippen molar-refractivity contribution in [2.75, 3.05) is 28.3 Å². The van der Waals surface area contributed by atoms with E-state index < -0.39 is 0 Å². The van der Waals surface area contributed by atoms with Crippen molar-refractivity contribution < 1.29 is 14.3 Å². The van der Waals surface area contributed by atoms with E-state index in [1.54, 1.807) is 7.11 Å². The topological polar surface area (TPSA) is 38.8 Å². The molecule has 1 atom stereocenters. The molecule has 1 aliphatic carbocycles. The van der Waals surface area contributed by atoms with Crippen LogP contribution in [0.1, 0.15) is 24.4 Å². The first kappa shape index (κ1) is 13.9. The van der Waals surface area contributed by atoms with E-state index in [4.69, 9.17) is 9.47 Å². The van der Waals surface area contributed by atoms with E-state index >= 15 is 0 Å². The van der Waals surface area contributed by atoms with Gasteiger partial charge < -0.3 is 14.4 Å². The Labute approximate surface area is 114 Å². The molecular weight excluding hydrogens is 242 g/mol. The van der Waals surface area contributed by atoms with E-state index in [0.717, 1.165) is 24.2 Å². The molecule has 1 aromatic carbocycles. The summed E-state index contributed by atoms with van der Waals surface area (Å²) in [7, 11) is 7.11. The Morgan fingerprint density at radius 1 is 1.21 bits per heavy atom. The summed E-state index contributed by atoms with van der Waals surface area (Å²) in [5.41, 5.74) is 0.737. The number of nitrogens with zero attached hydrogens (tertiary/aromatic N) is 1. The normalized spacial score (nSPS) is 17.9. The van der Waals surface area contributed by atoms with Gasteiger partial charge in [-0.05, 0) is 44.6 Å². The van der Waals surface area contributed by atoms with Gasteiger partial charge >= 0.3 is 5.97 Å². The standard InChI is InChI=1S/C15H21NO3/c1-16(2)13(15(9-10-15)14(17)19-4)11-5-7-12(18-3)8-6-11/h5-8,13H,9-10H2,1-4H3. The maximum absolute atomic E-state index is 12.1. The van der Waals surface area contributed by atoms with Crippen molar-refractivity contribution in [3.05, 3.63) is 29.8 Å². The number of esters is 1. The van der Waals surface area contributed by atoms with Crippen LogP contribution in [0.2, 0.25) is 0 Å². The lowest BCUT2D eigenvalue weighted by atomic mass is 9.89. The maximum atomic E-state index is 12.1. The molecule has 0 spiro atoms. The predicted octanol–water partition coefficient (Wildman–Crippen LogP) is 2.25. The molecule has 0 aromatic heterocycles. The summed E-state index contributed by atoms with van der Waals surface area (Å²) in [6, 6.07) is 7.95. The summed E-state index contributed by atoms with van der Waals surface area (Å²) in [6.07, 6.45) is 1.77. The Balaban J connectivity index is 2.32. The zero-order chi connectivity index (χ0) is 14.0. The molecule has 104 valence electrons. The number of methoxy groups -OCH3 is 2. The first-order valence-corrected chi connectivity index (χ1v) is 6.44. The highest BCUT2D eigenvalue weighted by Crippen LogP contribution is 2.57. The number of carbonyl (C=O) groups excluding carboxylic acids is 1. The lowest BCUT2D eigenvalue weighted by Gasteiger charge is -2.31. The van der Waals surface area contributed by atoms with E-state index in [2.05, 4.69) is 4.90 Å². The summed E-state index contributed by atoms with van der Waals surface area (Å²) in [5, 5.41) is 0. The number of carbonyl (C=O) groups is 1. The van der Waals surface area contributed by atoms with Crippen LogP contribution in [0.25, 0.3) is 0 Å². The molecule has 2 rings (SSSR count). The molecule has 4 nitrogen and oxygen atoms in total. The van der Waals surface area contributed by atoms with Crippen molar-refractivity contribution in [1.29, 1.82) is 0 Å². The fourth-order valence-corrected chi connectivity index (χ4v) is 2.82. The van der Waals surface area contributed by atoms with Gasteiger partial charge in [-0.1, -0.05) is 12.1 Å². The molecule has 0 saturated heterocycles. The van der Waals surface area contributed by atoms with Crippen LogP contribution < -0.4 is 4.74 Å². The molecular formula is C15H21NO3. The highest BCUT2D eigenvalue weighted by Gasteiger charge is 2.58. The van der Waals surface area contributed by atoms with Crippen LogP contribution in [-0.2, 0) is 9.53 Å². The van der Waals surface area contributed by atoms with Gasteiger partial charge in [0, 0.05) is 0 Å². The van der Waals surface area contributed by atoms with Gasteiger partial charge in [0.25, 0.3) is 0 Å². The van der Waals surface area contributed by atoms with Crippen LogP contribution in [0.3, 0.4) is 0 Å². The highest BCUT2D eigenvalue weighted by atomic mass is 16.5. The van der Waals surface area contributed by atoms with Crippen molar-refractivity contribution in [1.82, 2.24) is 4.90 Å². The van der Waals surface area contributed by atoms with Crippen LogP contribution in [0, 0.1) is 5.41 Å². The van der Waals surface area contributed by atoms with Crippen LogP contribution in [0.15, 0.2) is 24.3 Å². The molecule has 0 amide bonds. The zero-order valence-corrected chi connectivity index (χ0v) is 12.0. The molecule has 1 saturated carbocycles. The molecule has 0 aliphatic heterocycles. The van der Waals surface area contributed by atoms with Crippen molar-refractivity contribution in [3.63, 3.8) is 0 Å². The average molecular weight is 263 g/mol. The SMILES string of the molecule is COC(=O)C1(C(c2ccc(OC)cc2)N(C)C)CC1. The Hall–Kier alpha value is -1.55. The zero-order valence-electron chi connectivity index (χ0n) is 12.0. The number of hydrogen-bond donors (Lipinski definition) is 0. The van der Waals surface area contributed by atoms with Gasteiger partial charge in [0.05, 0.1) is 25.7 Å². The summed E-state index contributed by atoms with van der Waals surface area (Å²) < 4.78 is 10.2. The molecule has 4 heteroatoms. The van der Waals surface area contributed by atoms with Crippen molar-refractivity contribution in [2.24, 2.45) is 5.41 Å². The molecule has 19 heavy (non-hydrogen) atoms. The van der Waals surface area contributed by atoms with Gasteiger partial charge in [0.2, 0.25) is 0 Å². The Bertz CT molecular complexity index is 449. The molecule has 1 aromatic rings. The molecule has 1 unspecified atom stereocenters. The minimum atomic E-state index is -0.382. The Kier molecular flexibility index (Phi) is 3.80. The number of ether oxygens (including phenoxy) is 2. The molecule has 1 aliphatic rings. The third-order valence-electron chi connectivity index (χ3n) is 3.85. The minimum Gasteiger partial charge on any atom is -0.497 e. The molecule has 0 bridgehead atoms. The number of rotatable bonds is 5. The predicted molar refractivity (Wildman–Crippen MR) is 73.1 cm³/mol. The molecule has 0 N–H and O–H groups in total. The summed E-state index contributed by atoms with van der Waals surface area (Å²) in [6.45, 7) is 0. The average Bonchev–Trinajstić information content (AvgIpc) is 3.20. The Morgan fingerprint density at radius 3 is 2.16 bits per heavy atom. The lowest BCUT2D eigenvalue weighted by molar-refractivity contribution is -0.150. The first-order chi connectivity index (χ1) is 9.05. The van der Waals surface area contributed by atoms with Crippen molar-refractivity contribution in [2.45, 2.75) is 18.9 Å². The first-order valence-electron chi connectivity index (χ1n) is 6.44. The second-order valence-electron chi connectivity index (χ2n) is 5.29. The summed E-state index contributed by atoms with van der Waals surface area (Å²) in [4.78, 5) is 14.2. The molecule has 0 heterocycles. The highest BCUT2D eigenvalue weighted by molar-refractivity contribution is 5.81. The smallest absolute Gasteiger partial charge is 0.313 e. The molecule has 1 fully saturated rings. The van der Waals surface area contributed by atoms with Crippen LogP contribution in [0.5, 0.6) is 5.75 Å². The van der Waals surface area contributed by atoms with Crippen LogP contribution in [-0.4, -0.2) is 39.2 Å². The van der Waals surface area contributed by atoms with Gasteiger partial charge in [-0.2, -0.15) is 0 Å². The molecule has 0 radical (unpaired) electrons. The van der Waals surface area contributed by atoms with Gasteiger partial charge in [-0.25, -0.2) is 0 Å².